The summed E-state index contributed by atoms with van der Waals surface area (Å²) in [6.07, 6.45) is 3.36. The minimum Gasteiger partial charge on any atom is -0.452 e. The summed E-state index contributed by atoms with van der Waals surface area (Å²) < 4.78 is 5.01. The van der Waals surface area contributed by atoms with E-state index in [1.807, 2.05) is 0 Å². The van der Waals surface area contributed by atoms with E-state index in [2.05, 4.69) is 15.3 Å². The number of benzene rings is 2. The van der Waals surface area contributed by atoms with Gasteiger partial charge in [0, 0.05) is 23.6 Å². The summed E-state index contributed by atoms with van der Waals surface area (Å²) in [6.45, 7) is -0.418. The Labute approximate surface area is 159 Å². The number of nitrogens with one attached hydrogen (secondary N) is 2. The number of aromatic nitrogens is 2. The van der Waals surface area contributed by atoms with Crippen LogP contribution in [0.25, 0.3) is 11.4 Å². The van der Waals surface area contributed by atoms with E-state index in [9.17, 15) is 9.59 Å². The second kappa shape index (κ2) is 8.03. The van der Waals surface area contributed by atoms with Gasteiger partial charge in [-0.1, -0.05) is 35.3 Å². The standard InChI is InChI=1S/C18H13Cl2N3O3/c19-14-6-5-13(9-15(14)20)23-16(24)10-26-18(25)12-3-1-11(2-4-12)17-21-7-8-22-17/h1-9H,10H2,(H,21,22)(H,23,24). The molecule has 0 aliphatic heterocycles. The van der Waals surface area contributed by atoms with Gasteiger partial charge < -0.3 is 15.0 Å². The van der Waals surface area contributed by atoms with Gasteiger partial charge in [-0.15, -0.1) is 0 Å². The van der Waals surface area contributed by atoms with Crippen molar-refractivity contribution in [1.29, 1.82) is 0 Å². The number of rotatable bonds is 5. The van der Waals surface area contributed by atoms with Gasteiger partial charge in [-0.25, -0.2) is 9.78 Å². The molecule has 0 atom stereocenters. The Balaban J connectivity index is 1.54. The summed E-state index contributed by atoms with van der Waals surface area (Å²) in [5.41, 5.74) is 1.63. The summed E-state index contributed by atoms with van der Waals surface area (Å²) in [6, 6.07) is 11.4. The molecular weight excluding hydrogens is 377 g/mol. The normalized spacial score (nSPS) is 10.4. The van der Waals surface area contributed by atoms with E-state index in [1.165, 1.54) is 6.07 Å². The lowest BCUT2D eigenvalue weighted by Crippen LogP contribution is -2.20. The molecule has 0 unspecified atom stereocenters. The van der Waals surface area contributed by atoms with Crippen LogP contribution in [0.2, 0.25) is 10.0 Å². The molecule has 3 rings (SSSR count). The summed E-state index contributed by atoms with van der Waals surface area (Å²) in [5, 5.41) is 3.27. The monoisotopic (exact) mass is 389 g/mol. The van der Waals surface area contributed by atoms with Crippen molar-refractivity contribution in [2.45, 2.75) is 0 Å². The molecule has 8 heteroatoms. The topological polar surface area (TPSA) is 84.1 Å². The van der Waals surface area contributed by atoms with Crippen LogP contribution < -0.4 is 5.32 Å². The molecule has 0 bridgehead atoms. The van der Waals surface area contributed by atoms with Crippen LogP contribution in [-0.2, 0) is 9.53 Å². The third-order valence-electron chi connectivity index (χ3n) is 3.43. The molecule has 2 N–H and O–H groups in total. The lowest BCUT2D eigenvalue weighted by molar-refractivity contribution is -0.119. The summed E-state index contributed by atoms with van der Waals surface area (Å²) >= 11 is 11.7. The molecule has 1 heterocycles. The molecule has 0 aliphatic rings. The highest BCUT2D eigenvalue weighted by Crippen LogP contribution is 2.25. The summed E-state index contributed by atoms with van der Waals surface area (Å²) in [5.74, 6) is -0.379. The molecule has 0 fully saturated rings. The number of amides is 1. The predicted molar refractivity (Wildman–Crippen MR) is 99.4 cm³/mol. The van der Waals surface area contributed by atoms with Gasteiger partial charge in [-0.2, -0.15) is 0 Å². The number of aromatic amines is 1. The SMILES string of the molecule is O=C(COC(=O)c1ccc(-c2ncc[nH]2)cc1)Nc1ccc(Cl)c(Cl)c1. The van der Waals surface area contributed by atoms with Gasteiger partial charge in [0.05, 0.1) is 15.6 Å². The van der Waals surface area contributed by atoms with E-state index in [4.69, 9.17) is 27.9 Å². The number of imidazole rings is 1. The van der Waals surface area contributed by atoms with Crippen molar-refractivity contribution >= 4 is 40.8 Å². The van der Waals surface area contributed by atoms with E-state index in [-0.39, 0.29) is 0 Å². The Kier molecular flexibility index (Phi) is 5.55. The van der Waals surface area contributed by atoms with Crippen LogP contribution in [0, 0.1) is 0 Å². The Hall–Kier alpha value is -2.83. The molecule has 3 aromatic rings. The van der Waals surface area contributed by atoms with Crippen LogP contribution in [0.5, 0.6) is 0 Å². The predicted octanol–water partition coefficient (Wildman–Crippen LogP) is 4.18. The molecule has 0 saturated heterocycles. The number of esters is 1. The number of carbonyl (C=O) groups is 2. The van der Waals surface area contributed by atoms with Gasteiger partial charge in [-0.05, 0) is 30.3 Å². The molecule has 26 heavy (non-hydrogen) atoms. The Morgan fingerprint density at radius 1 is 1.08 bits per heavy atom. The van der Waals surface area contributed by atoms with Crippen LogP contribution in [0.4, 0.5) is 5.69 Å². The minimum absolute atomic E-state index is 0.318. The van der Waals surface area contributed by atoms with Crippen LogP contribution in [0.3, 0.4) is 0 Å². The quantitative estimate of drug-likeness (QED) is 0.641. The molecule has 0 spiro atoms. The number of nitrogens with zero attached hydrogens (tertiary/aromatic N) is 1. The molecule has 0 aliphatic carbocycles. The molecule has 1 aromatic heterocycles. The second-order valence-electron chi connectivity index (χ2n) is 5.27. The number of anilines is 1. The van der Waals surface area contributed by atoms with Gasteiger partial charge in [0.1, 0.15) is 5.82 Å². The molecule has 2 aromatic carbocycles. The zero-order valence-electron chi connectivity index (χ0n) is 13.3. The fourth-order valence-electron chi connectivity index (χ4n) is 2.17. The average Bonchev–Trinajstić information content (AvgIpc) is 3.18. The number of halogens is 2. The molecule has 1 amide bonds. The fourth-order valence-corrected chi connectivity index (χ4v) is 2.47. The number of hydrogen-bond acceptors (Lipinski definition) is 4. The molecule has 0 saturated carbocycles. The van der Waals surface area contributed by atoms with Crippen molar-refractivity contribution in [2.24, 2.45) is 0 Å². The highest BCUT2D eigenvalue weighted by atomic mass is 35.5. The average molecular weight is 390 g/mol. The molecule has 0 radical (unpaired) electrons. The first-order chi connectivity index (χ1) is 12.5. The van der Waals surface area contributed by atoms with Gasteiger partial charge in [0.15, 0.2) is 6.61 Å². The van der Waals surface area contributed by atoms with Crippen molar-refractivity contribution in [1.82, 2.24) is 9.97 Å². The van der Waals surface area contributed by atoms with Crippen molar-refractivity contribution in [3.63, 3.8) is 0 Å². The maximum atomic E-state index is 12.0. The first-order valence-electron chi connectivity index (χ1n) is 7.55. The van der Waals surface area contributed by atoms with E-state index in [0.29, 0.717) is 27.1 Å². The van der Waals surface area contributed by atoms with Gasteiger partial charge >= 0.3 is 5.97 Å². The van der Waals surface area contributed by atoms with Crippen molar-refractivity contribution in [3.05, 3.63) is 70.5 Å². The smallest absolute Gasteiger partial charge is 0.338 e. The number of H-pyrrole nitrogens is 1. The Bertz CT molecular complexity index is 925. The van der Waals surface area contributed by atoms with E-state index in [0.717, 1.165) is 5.56 Å². The first-order valence-corrected chi connectivity index (χ1v) is 8.30. The number of carbonyl (C=O) groups excluding carboxylic acids is 2. The molecule has 6 nitrogen and oxygen atoms in total. The third-order valence-corrected chi connectivity index (χ3v) is 4.17. The van der Waals surface area contributed by atoms with Crippen molar-refractivity contribution < 1.29 is 14.3 Å². The minimum atomic E-state index is -0.597. The number of ether oxygens (including phenoxy) is 1. The fraction of sp³-hybridized carbons (Fsp3) is 0.0556. The highest BCUT2D eigenvalue weighted by molar-refractivity contribution is 6.42. The zero-order valence-corrected chi connectivity index (χ0v) is 14.8. The number of hydrogen-bond donors (Lipinski definition) is 2. The zero-order chi connectivity index (χ0) is 18.5. The van der Waals surface area contributed by atoms with Gasteiger partial charge in [-0.3, -0.25) is 4.79 Å². The van der Waals surface area contributed by atoms with E-state index in [1.54, 1.807) is 48.8 Å². The first kappa shape index (κ1) is 18.0. The van der Waals surface area contributed by atoms with Crippen molar-refractivity contribution in [3.8, 4) is 11.4 Å². The maximum absolute atomic E-state index is 12.0. The molecule has 132 valence electrons. The van der Waals surface area contributed by atoms with Crippen LogP contribution in [0.15, 0.2) is 54.9 Å². The highest BCUT2D eigenvalue weighted by Gasteiger charge is 2.11. The second-order valence-corrected chi connectivity index (χ2v) is 6.08. The van der Waals surface area contributed by atoms with Crippen LogP contribution >= 0.6 is 23.2 Å². The van der Waals surface area contributed by atoms with Gasteiger partial charge in [0.2, 0.25) is 0 Å². The maximum Gasteiger partial charge on any atom is 0.338 e. The Morgan fingerprint density at radius 3 is 2.50 bits per heavy atom. The largest absolute Gasteiger partial charge is 0.452 e. The Morgan fingerprint density at radius 2 is 1.85 bits per heavy atom. The van der Waals surface area contributed by atoms with Crippen molar-refractivity contribution in [2.75, 3.05) is 11.9 Å². The van der Waals surface area contributed by atoms with Crippen LogP contribution in [0.1, 0.15) is 10.4 Å². The van der Waals surface area contributed by atoms with E-state index >= 15 is 0 Å². The lowest BCUT2D eigenvalue weighted by atomic mass is 10.1. The van der Waals surface area contributed by atoms with Gasteiger partial charge in [0.25, 0.3) is 5.91 Å². The summed E-state index contributed by atoms with van der Waals surface area (Å²) in [7, 11) is 0. The molecular formula is C18H13Cl2N3O3. The third kappa shape index (κ3) is 4.41. The van der Waals surface area contributed by atoms with Crippen LogP contribution in [-0.4, -0.2) is 28.5 Å². The lowest BCUT2D eigenvalue weighted by Gasteiger charge is -2.08. The summed E-state index contributed by atoms with van der Waals surface area (Å²) in [4.78, 5) is 31.0. The van der Waals surface area contributed by atoms with E-state index < -0.39 is 18.5 Å².